The van der Waals surface area contributed by atoms with Gasteiger partial charge < -0.3 is 5.32 Å². The van der Waals surface area contributed by atoms with Crippen molar-refractivity contribution in [2.75, 3.05) is 5.32 Å². The molecule has 3 aromatic rings. The molecule has 0 saturated heterocycles. The van der Waals surface area contributed by atoms with E-state index in [1.165, 1.54) is 5.56 Å². The zero-order valence-electron chi connectivity index (χ0n) is 11.4. The molecule has 0 amide bonds. The van der Waals surface area contributed by atoms with Crippen molar-refractivity contribution < 1.29 is 0 Å². The van der Waals surface area contributed by atoms with Gasteiger partial charge in [-0.15, -0.1) is 0 Å². The van der Waals surface area contributed by atoms with Crippen LogP contribution >= 0.6 is 22.9 Å². The van der Waals surface area contributed by atoms with Crippen LogP contribution in [0, 0.1) is 0 Å². The molecule has 0 radical (unpaired) electrons. The molecule has 0 spiro atoms. The van der Waals surface area contributed by atoms with Crippen molar-refractivity contribution >= 4 is 44.0 Å². The van der Waals surface area contributed by atoms with E-state index >= 15 is 0 Å². The Balaban J connectivity index is 1.99. The van der Waals surface area contributed by atoms with E-state index in [1.807, 2.05) is 24.3 Å². The molecule has 0 aliphatic rings. The Morgan fingerprint density at radius 3 is 2.65 bits per heavy atom. The molecular formula is C16H15ClN2S. The van der Waals surface area contributed by atoms with Gasteiger partial charge in [-0.3, -0.25) is 0 Å². The molecule has 2 aromatic carbocycles. The van der Waals surface area contributed by atoms with Gasteiger partial charge in [-0.25, -0.2) is 4.98 Å². The summed E-state index contributed by atoms with van der Waals surface area (Å²) < 4.78 is 1.03. The summed E-state index contributed by atoms with van der Waals surface area (Å²) in [5.41, 5.74) is 3.34. The van der Waals surface area contributed by atoms with Crippen LogP contribution in [0.3, 0.4) is 0 Å². The fourth-order valence-corrected chi connectivity index (χ4v) is 3.37. The highest BCUT2D eigenvalue weighted by atomic mass is 35.5. The predicted molar refractivity (Wildman–Crippen MR) is 88.4 cm³/mol. The number of fused-ring (bicyclic) bond motifs is 1. The minimum atomic E-state index is 0.469. The summed E-state index contributed by atoms with van der Waals surface area (Å²) in [6.07, 6.45) is 0. The first kappa shape index (κ1) is 13.4. The third kappa shape index (κ3) is 2.51. The van der Waals surface area contributed by atoms with E-state index in [0.29, 0.717) is 5.92 Å². The van der Waals surface area contributed by atoms with E-state index in [9.17, 15) is 0 Å². The van der Waals surface area contributed by atoms with Crippen LogP contribution in [0.25, 0.3) is 10.2 Å². The number of benzene rings is 2. The molecule has 1 aromatic heterocycles. The summed E-state index contributed by atoms with van der Waals surface area (Å²) in [6, 6.07) is 14.1. The molecule has 3 rings (SSSR count). The predicted octanol–water partition coefficient (Wildman–Crippen LogP) is 5.82. The van der Waals surface area contributed by atoms with Crippen molar-refractivity contribution in [1.29, 1.82) is 0 Å². The van der Waals surface area contributed by atoms with Crippen molar-refractivity contribution in [3.8, 4) is 0 Å². The van der Waals surface area contributed by atoms with Gasteiger partial charge in [0.05, 0.1) is 15.2 Å². The van der Waals surface area contributed by atoms with Gasteiger partial charge in [0.25, 0.3) is 0 Å². The number of hydrogen-bond donors (Lipinski definition) is 1. The average Bonchev–Trinajstić information content (AvgIpc) is 2.83. The van der Waals surface area contributed by atoms with Crippen molar-refractivity contribution in [2.24, 2.45) is 0 Å². The van der Waals surface area contributed by atoms with Gasteiger partial charge in [0.2, 0.25) is 0 Å². The van der Waals surface area contributed by atoms with Crippen LogP contribution < -0.4 is 5.32 Å². The first-order chi connectivity index (χ1) is 9.65. The number of nitrogens with one attached hydrogen (secondary N) is 1. The second-order valence-corrected chi connectivity index (χ2v) is 6.38. The molecule has 0 atom stereocenters. The molecule has 0 bridgehead atoms. The summed E-state index contributed by atoms with van der Waals surface area (Å²) in [4.78, 5) is 4.59. The second kappa shape index (κ2) is 5.43. The van der Waals surface area contributed by atoms with Crippen LogP contribution in [0.5, 0.6) is 0 Å². The largest absolute Gasteiger partial charge is 0.331 e. The van der Waals surface area contributed by atoms with Crippen molar-refractivity contribution in [1.82, 2.24) is 4.98 Å². The fourth-order valence-electron chi connectivity index (χ4n) is 2.20. The molecular weight excluding hydrogens is 288 g/mol. The highest BCUT2D eigenvalue weighted by molar-refractivity contribution is 7.22. The third-order valence-corrected chi connectivity index (χ3v) is 4.64. The number of halogens is 1. The number of para-hydroxylation sites is 1. The Morgan fingerprint density at radius 2 is 1.90 bits per heavy atom. The number of anilines is 2. The molecule has 1 N–H and O–H groups in total. The van der Waals surface area contributed by atoms with Gasteiger partial charge in [-0.05, 0) is 29.7 Å². The first-order valence-corrected chi connectivity index (χ1v) is 7.75. The zero-order valence-corrected chi connectivity index (χ0v) is 12.9. The Kier molecular flexibility index (Phi) is 3.64. The molecule has 0 unspecified atom stereocenters. The lowest BCUT2D eigenvalue weighted by atomic mass is 10.0. The molecule has 0 aliphatic carbocycles. The number of thiazole rings is 1. The maximum atomic E-state index is 6.20. The zero-order chi connectivity index (χ0) is 14.1. The Morgan fingerprint density at radius 1 is 1.10 bits per heavy atom. The van der Waals surface area contributed by atoms with Crippen LogP contribution in [0.1, 0.15) is 25.3 Å². The van der Waals surface area contributed by atoms with Gasteiger partial charge in [0, 0.05) is 5.69 Å². The molecule has 0 fully saturated rings. The molecule has 102 valence electrons. The smallest absolute Gasteiger partial charge is 0.188 e. The standard InChI is InChI=1S/C16H15ClN2S/c1-10(2)11-6-3-4-8-13(11)18-16-19-14-9-5-7-12(17)15(14)20-16/h3-10H,1-2H3,(H,18,19). The summed E-state index contributed by atoms with van der Waals surface area (Å²) in [7, 11) is 0. The van der Waals surface area contributed by atoms with E-state index < -0.39 is 0 Å². The van der Waals surface area contributed by atoms with Crippen LogP contribution in [-0.2, 0) is 0 Å². The lowest BCUT2D eigenvalue weighted by Crippen LogP contribution is -1.96. The van der Waals surface area contributed by atoms with Gasteiger partial charge in [-0.2, -0.15) is 0 Å². The molecule has 0 saturated carbocycles. The summed E-state index contributed by atoms with van der Waals surface area (Å²) >= 11 is 7.78. The molecule has 20 heavy (non-hydrogen) atoms. The lowest BCUT2D eigenvalue weighted by molar-refractivity contribution is 0.869. The molecule has 0 aliphatic heterocycles. The third-order valence-electron chi connectivity index (χ3n) is 3.19. The van der Waals surface area contributed by atoms with Crippen molar-refractivity contribution in [3.63, 3.8) is 0 Å². The van der Waals surface area contributed by atoms with Crippen molar-refractivity contribution in [2.45, 2.75) is 19.8 Å². The number of nitrogens with zero attached hydrogens (tertiary/aromatic N) is 1. The average molecular weight is 303 g/mol. The van der Waals surface area contributed by atoms with E-state index in [0.717, 1.165) is 26.1 Å². The van der Waals surface area contributed by atoms with Gasteiger partial charge in [0.1, 0.15) is 0 Å². The Bertz CT molecular complexity index is 749. The number of aromatic nitrogens is 1. The SMILES string of the molecule is CC(C)c1ccccc1Nc1nc2cccc(Cl)c2s1. The van der Waals surface area contributed by atoms with E-state index in [4.69, 9.17) is 11.6 Å². The summed E-state index contributed by atoms with van der Waals surface area (Å²) in [5.74, 6) is 0.469. The molecule has 2 nitrogen and oxygen atoms in total. The van der Waals surface area contributed by atoms with Gasteiger partial charge in [0.15, 0.2) is 5.13 Å². The topological polar surface area (TPSA) is 24.9 Å². The number of rotatable bonds is 3. The van der Waals surface area contributed by atoms with E-state index in [1.54, 1.807) is 11.3 Å². The summed E-state index contributed by atoms with van der Waals surface area (Å²) in [6.45, 7) is 4.38. The first-order valence-electron chi connectivity index (χ1n) is 6.56. The van der Waals surface area contributed by atoms with E-state index in [-0.39, 0.29) is 0 Å². The van der Waals surface area contributed by atoms with Crippen LogP contribution in [0.15, 0.2) is 42.5 Å². The Hall–Kier alpha value is -1.58. The Labute approximate surface area is 127 Å². The summed E-state index contributed by atoms with van der Waals surface area (Å²) in [5, 5.41) is 5.05. The highest BCUT2D eigenvalue weighted by Crippen LogP contribution is 2.34. The van der Waals surface area contributed by atoms with E-state index in [2.05, 4.69) is 42.3 Å². The minimum absolute atomic E-state index is 0.469. The lowest BCUT2D eigenvalue weighted by Gasteiger charge is -2.12. The normalized spacial score (nSPS) is 11.2. The maximum Gasteiger partial charge on any atom is 0.188 e. The number of hydrogen-bond acceptors (Lipinski definition) is 3. The highest BCUT2D eigenvalue weighted by Gasteiger charge is 2.10. The van der Waals surface area contributed by atoms with Gasteiger partial charge in [-0.1, -0.05) is 61.1 Å². The quantitative estimate of drug-likeness (QED) is 0.659. The van der Waals surface area contributed by atoms with Crippen molar-refractivity contribution in [3.05, 3.63) is 53.1 Å². The monoisotopic (exact) mass is 302 g/mol. The van der Waals surface area contributed by atoms with Gasteiger partial charge >= 0.3 is 0 Å². The second-order valence-electron chi connectivity index (χ2n) is 4.97. The van der Waals surface area contributed by atoms with Crippen LogP contribution in [0.2, 0.25) is 5.02 Å². The maximum absolute atomic E-state index is 6.20. The van der Waals surface area contributed by atoms with Crippen LogP contribution in [0.4, 0.5) is 10.8 Å². The molecule has 4 heteroatoms. The molecule has 1 heterocycles. The fraction of sp³-hybridized carbons (Fsp3) is 0.188. The minimum Gasteiger partial charge on any atom is -0.331 e. The van der Waals surface area contributed by atoms with Crippen LogP contribution in [-0.4, -0.2) is 4.98 Å².